The summed E-state index contributed by atoms with van der Waals surface area (Å²) >= 11 is 0. The highest BCUT2D eigenvalue weighted by Gasteiger charge is 2.21. The highest BCUT2D eigenvalue weighted by molar-refractivity contribution is 5.80. The molecule has 19 heavy (non-hydrogen) atoms. The van der Waals surface area contributed by atoms with E-state index in [0.29, 0.717) is 24.1 Å². The minimum absolute atomic E-state index is 0.0941. The topological polar surface area (TPSA) is 55.1 Å². The van der Waals surface area contributed by atoms with E-state index in [0.717, 1.165) is 12.0 Å². The molecule has 3 N–H and O–H groups in total. The smallest absolute Gasteiger partial charge is 0.224 e. The molecule has 3 heteroatoms. The van der Waals surface area contributed by atoms with Crippen molar-refractivity contribution in [2.75, 3.05) is 5.73 Å². The van der Waals surface area contributed by atoms with E-state index in [9.17, 15) is 4.79 Å². The number of hydrogen-bond acceptors (Lipinski definition) is 2. The van der Waals surface area contributed by atoms with Crippen LogP contribution in [0.5, 0.6) is 0 Å². The van der Waals surface area contributed by atoms with Crippen molar-refractivity contribution in [1.29, 1.82) is 0 Å². The number of carbonyl (C=O) groups is 1. The van der Waals surface area contributed by atoms with Crippen molar-refractivity contribution < 1.29 is 4.79 Å². The molecule has 1 saturated carbocycles. The SMILES string of the molecule is CC1CCCCCC1NC(=O)Cc1ccccc1N. The van der Waals surface area contributed by atoms with E-state index in [2.05, 4.69) is 12.2 Å². The lowest BCUT2D eigenvalue weighted by atomic mass is 9.96. The number of nitrogens with two attached hydrogens (primary N) is 1. The lowest BCUT2D eigenvalue weighted by Gasteiger charge is -2.23. The van der Waals surface area contributed by atoms with Crippen LogP contribution in [0.1, 0.15) is 44.6 Å². The Balaban J connectivity index is 1.92. The van der Waals surface area contributed by atoms with E-state index >= 15 is 0 Å². The van der Waals surface area contributed by atoms with Crippen molar-refractivity contribution in [3.05, 3.63) is 29.8 Å². The van der Waals surface area contributed by atoms with E-state index in [1.165, 1.54) is 25.7 Å². The number of anilines is 1. The summed E-state index contributed by atoms with van der Waals surface area (Å²) < 4.78 is 0. The zero-order valence-electron chi connectivity index (χ0n) is 11.7. The largest absolute Gasteiger partial charge is 0.398 e. The van der Waals surface area contributed by atoms with Crippen LogP contribution in [0.3, 0.4) is 0 Å². The predicted octanol–water partition coefficient (Wildman–Crippen LogP) is 2.90. The molecule has 1 aliphatic carbocycles. The molecule has 0 aromatic heterocycles. The first-order valence-electron chi connectivity index (χ1n) is 7.29. The van der Waals surface area contributed by atoms with Crippen LogP contribution in [-0.2, 0) is 11.2 Å². The fraction of sp³-hybridized carbons (Fsp3) is 0.562. The van der Waals surface area contributed by atoms with Crippen LogP contribution < -0.4 is 11.1 Å². The number of nitrogens with one attached hydrogen (secondary N) is 1. The molecule has 1 amide bonds. The molecule has 1 fully saturated rings. The first kappa shape index (κ1) is 13.9. The van der Waals surface area contributed by atoms with Crippen molar-refractivity contribution in [2.24, 2.45) is 5.92 Å². The minimum Gasteiger partial charge on any atom is -0.398 e. The molecule has 2 unspecified atom stereocenters. The molecule has 0 bridgehead atoms. The zero-order valence-corrected chi connectivity index (χ0v) is 11.7. The van der Waals surface area contributed by atoms with E-state index in [4.69, 9.17) is 5.73 Å². The van der Waals surface area contributed by atoms with Gasteiger partial charge in [0.05, 0.1) is 6.42 Å². The number of nitrogen functional groups attached to an aromatic ring is 1. The van der Waals surface area contributed by atoms with Gasteiger partial charge in [-0.3, -0.25) is 4.79 Å². The number of amides is 1. The number of benzene rings is 1. The summed E-state index contributed by atoms with van der Waals surface area (Å²) in [5.74, 6) is 0.677. The van der Waals surface area contributed by atoms with Crippen LogP contribution in [0.4, 0.5) is 5.69 Å². The average Bonchev–Trinajstić information content (AvgIpc) is 2.58. The maximum Gasteiger partial charge on any atom is 0.224 e. The second-order valence-corrected chi connectivity index (χ2v) is 5.66. The monoisotopic (exact) mass is 260 g/mol. The molecule has 104 valence electrons. The van der Waals surface area contributed by atoms with Gasteiger partial charge in [0.15, 0.2) is 0 Å². The lowest BCUT2D eigenvalue weighted by molar-refractivity contribution is -0.121. The first-order chi connectivity index (χ1) is 9.16. The fourth-order valence-corrected chi connectivity index (χ4v) is 2.83. The third-order valence-corrected chi connectivity index (χ3v) is 4.11. The number of para-hydroxylation sites is 1. The van der Waals surface area contributed by atoms with Crippen LogP contribution in [0.15, 0.2) is 24.3 Å². The van der Waals surface area contributed by atoms with Crippen molar-refractivity contribution >= 4 is 11.6 Å². The molecular weight excluding hydrogens is 236 g/mol. The van der Waals surface area contributed by atoms with Gasteiger partial charge in [-0.2, -0.15) is 0 Å². The van der Waals surface area contributed by atoms with E-state index < -0.39 is 0 Å². The second-order valence-electron chi connectivity index (χ2n) is 5.66. The van der Waals surface area contributed by atoms with Crippen LogP contribution in [0.25, 0.3) is 0 Å². The van der Waals surface area contributed by atoms with Crippen LogP contribution in [-0.4, -0.2) is 11.9 Å². The van der Waals surface area contributed by atoms with Gasteiger partial charge in [0, 0.05) is 11.7 Å². The van der Waals surface area contributed by atoms with Gasteiger partial charge in [-0.15, -0.1) is 0 Å². The van der Waals surface area contributed by atoms with Crippen LogP contribution in [0.2, 0.25) is 0 Å². The Hall–Kier alpha value is -1.51. The third-order valence-electron chi connectivity index (χ3n) is 4.11. The van der Waals surface area contributed by atoms with Gasteiger partial charge in [-0.05, 0) is 30.4 Å². The Kier molecular flexibility index (Phi) is 4.83. The highest BCUT2D eigenvalue weighted by Crippen LogP contribution is 2.23. The Bertz CT molecular complexity index is 431. The van der Waals surface area contributed by atoms with Gasteiger partial charge in [-0.1, -0.05) is 44.4 Å². The van der Waals surface area contributed by atoms with E-state index in [-0.39, 0.29) is 5.91 Å². The Morgan fingerprint density at radius 1 is 1.26 bits per heavy atom. The molecule has 0 saturated heterocycles. The summed E-state index contributed by atoms with van der Waals surface area (Å²) in [7, 11) is 0. The number of rotatable bonds is 3. The lowest BCUT2D eigenvalue weighted by Crippen LogP contribution is -2.39. The zero-order chi connectivity index (χ0) is 13.7. The van der Waals surface area contributed by atoms with Crippen molar-refractivity contribution in [3.8, 4) is 0 Å². The highest BCUT2D eigenvalue weighted by atomic mass is 16.1. The molecule has 0 radical (unpaired) electrons. The molecule has 1 aliphatic rings. The van der Waals surface area contributed by atoms with E-state index in [1.807, 2.05) is 24.3 Å². The summed E-state index contributed by atoms with van der Waals surface area (Å²) in [6.07, 6.45) is 6.52. The van der Waals surface area contributed by atoms with Gasteiger partial charge in [0.2, 0.25) is 5.91 Å². The Morgan fingerprint density at radius 3 is 2.79 bits per heavy atom. The van der Waals surface area contributed by atoms with Gasteiger partial charge in [-0.25, -0.2) is 0 Å². The predicted molar refractivity (Wildman–Crippen MR) is 78.7 cm³/mol. The van der Waals surface area contributed by atoms with Crippen LogP contribution >= 0.6 is 0 Å². The Morgan fingerprint density at radius 2 is 2.00 bits per heavy atom. The van der Waals surface area contributed by atoms with E-state index in [1.54, 1.807) is 0 Å². The minimum atomic E-state index is 0.0941. The molecular formula is C16H24N2O. The summed E-state index contributed by atoms with van der Waals surface area (Å²) in [4.78, 5) is 12.1. The van der Waals surface area contributed by atoms with Gasteiger partial charge in [0.1, 0.15) is 0 Å². The summed E-state index contributed by atoms with van der Waals surface area (Å²) in [6, 6.07) is 7.92. The average molecular weight is 260 g/mol. The maximum atomic E-state index is 12.1. The fourth-order valence-electron chi connectivity index (χ4n) is 2.83. The van der Waals surface area contributed by atoms with Gasteiger partial charge < -0.3 is 11.1 Å². The van der Waals surface area contributed by atoms with Gasteiger partial charge in [0.25, 0.3) is 0 Å². The van der Waals surface area contributed by atoms with Crippen molar-refractivity contribution in [3.63, 3.8) is 0 Å². The summed E-state index contributed by atoms with van der Waals surface area (Å²) in [5, 5.41) is 3.19. The molecule has 0 aliphatic heterocycles. The third kappa shape index (κ3) is 3.98. The molecule has 2 rings (SSSR count). The van der Waals surface area contributed by atoms with Crippen LogP contribution in [0, 0.1) is 5.92 Å². The van der Waals surface area contributed by atoms with Gasteiger partial charge >= 0.3 is 0 Å². The number of carbonyl (C=O) groups excluding carboxylic acids is 1. The molecule has 1 aromatic rings. The first-order valence-corrected chi connectivity index (χ1v) is 7.29. The standard InChI is InChI=1S/C16H24N2O/c1-12-7-3-2-4-10-15(12)18-16(19)11-13-8-5-6-9-14(13)17/h5-6,8-9,12,15H,2-4,7,10-11,17H2,1H3,(H,18,19). The maximum absolute atomic E-state index is 12.1. The van der Waals surface area contributed by atoms with Crippen molar-refractivity contribution in [2.45, 2.75) is 51.5 Å². The second kappa shape index (κ2) is 6.60. The Labute approximate surface area is 115 Å². The molecule has 0 heterocycles. The molecule has 1 aromatic carbocycles. The normalized spacial score (nSPS) is 23.6. The molecule has 3 nitrogen and oxygen atoms in total. The molecule has 0 spiro atoms. The quantitative estimate of drug-likeness (QED) is 0.648. The van der Waals surface area contributed by atoms with Crippen molar-refractivity contribution in [1.82, 2.24) is 5.32 Å². The molecule has 2 atom stereocenters. The number of hydrogen-bond donors (Lipinski definition) is 2. The summed E-state index contributed by atoms with van der Waals surface area (Å²) in [6.45, 7) is 2.24. The summed E-state index contributed by atoms with van der Waals surface area (Å²) in [5.41, 5.74) is 7.49.